The molecule has 0 fully saturated rings. The number of hydrogen-bond donors (Lipinski definition) is 1. The monoisotopic (exact) mass is 430 g/mol. The number of benzene rings is 1. The highest BCUT2D eigenvalue weighted by Gasteiger charge is 2.23. The number of hydrogen-bond acceptors (Lipinski definition) is 4. The van der Waals surface area contributed by atoms with Crippen LogP contribution in [0.5, 0.6) is 11.5 Å². The van der Waals surface area contributed by atoms with Crippen molar-refractivity contribution in [3.8, 4) is 11.5 Å². The minimum atomic E-state index is -0.0560. The Hall–Kier alpha value is -3.31. The molecular weight excluding hydrogens is 400 g/mol. The molecule has 1 aromatic rings. The second kappa shape index (κ2) is 9.88. The van der Waals surface area contributed by atoms with Crippen LogP contribution in [0.4, 0.5) is 0 Å². The smallest absolute Gasteiger partial charge is 0.255 e. The van der Waals surface area contributed by atoms with Gasteiger partial charge in [0.15, 0.2) is 11.5 Å². The molecule has 3 aliphatic rings. The van der Waals surface area contributed by atoms with Crippen LogP contribution in [0.15, 0.2) is 83.8 Å². The second-order valence-corrected chi connectivity index (χ2v) is 8.14. The number of ether oxygens (including phenoxy) is 2. The highest BCUT2D eigenvalue weighted by Crippen LogP contribution is 2.33. The summed E-state index contributed by atoms with van der Waals surface area (Å²) in [6.45, 7) is 3.98. The lowest BCUT2D eigenvalue weighted by Gasteiger charge is -2.29. The molecule has 0 saturated heterocycles. The first-order valence-corrected chi connectivity index (χ1v) is 11.0. The van der Waals surface area contributed by atoms with Gasteiger partial charge in [-0.2, -0.15) is 0 Å². The molecule has 1 aromatic carbocycles. The summed E-state index contributed by atoms with van der Waals surface area (Å²) in [5.74, 6) is 1.47. The third-order valence-corrected chi connectivity index (χ3v) is 6.05. The molecule has 166 valence electrons. The summed E-state index contributed by atoms with van der Waals surface area (Å²) in [5, 5.41) is 3.36. The van der Waals surface area contributed by atoms with Crippen molar-refractivity contribution in [3.05, 3.63) is 89.3 Å². The summed E-state index contributed by atoms with van der Waals surface area (Å²) in [4.78, 5) is 15.3. The van der Waals surface area contributed by atoms with Crippen LogP contribution in [0.25, 0.3) is 5.57 Å². The van der Waals surface area contributed by atoms with Crippen LogP contribution in [-0.4, -0.2) is 38.1 Å². The van der Waals surface area contributed by atoms with Gasteiger partial charge < -0.3 is 14.8 Å². The topological polar surface area (TPSA) is 50.8 Å². The fourth-order valence-corrected chi connectivity index (χ4v) is 4.22. The first kappa shape index (κ1) is 21.9. The number of amides is 1. The third-order valence-electron chi connectivity index (χ3n) is 6.05. The molecule has 5 heteroatoms. The van der Waals surface area contributed by atoms with Gasteiger partial charge in [-0.15, -0.1) is 0 Å². The van der Waals surface area contributed by atoms with Gasteiger partial charge in [-0.25, -0.2) is 0 Å². The van der Waals surface area contributed by atoms with Crippen molar-refractivity contribution in [2.45, 2.75) is 19.8 Å². The van der Waals surface area contributed by atoms with E-state index in [1.54, 1.807) is 20.3 Å². The average molecular weight is 431 g/mol. The average Bonchev–Trinajstić information content (AvgIpc) is 2.81. The molecule has 1 atom stereocenters. The molecule has 0 aromatic heterocycles. The minimum Gasteiger partial charge on any atom is -0.493 e. The predicted octanol–water partition coefficient (Wildman–Crippen LogP) is 4.77. The van der Waals surface area contributed by atoms with E-state index in [2.05, 4.69) is 36.5 Å². The van der Waals surface area contributed by atoms with Crippen molar-refractivity contribution in [2.24, 2.45) is 5.92 Å². The van der Waals surface area contributed by atoms with Crippen molar-refractivity contribution in [2.75, 3.05) is 27.3 Å². The molecule has 0 radical (unpaired) electrons. The van der Waals surface area contributed by atoms with Gasteiger partial charge in [-0.3, -0.25) is 9.69 Å². The number of rotatable bonds is 4. The molecule has 5 nitrogen and oxygen atoms in total. The van der Waals surface area contributed by atoms with Crippen molar-refractivity contribution in [1.82, 2.24) is 10.2 Å². The molecule has 1 N–H and O–H groups in total. The Balaban J connectivity index is 1.75. The van der Waals surface area contributed by atoms with Crippen molar-refractivity contribution < 1.29 is 14.3 Å². The number of nitrogens with one attached hydrogen (secondary N) is 1. The first-order valence-electron chi connectivity index (χ1n) is 11.0. The zero-order chi connectivity index (χ0) is 22.5. The van der Waals surface area contributed by atoms with Crippen LogP contribution in [0, 0.1) is 5.92 Å². The number of nitrogens with zero attached hydrogens (tertiary/aromatic N) is 1. The summed E-state index contributed by atoms with van der Waals surface area (Å²) in [6.07, 6.45) is 18.2. The standard InChI is InChI=1S/C27H30N2O3/c1-19-6-4-8-23(20-12-14-28-15-13-20)18-29-24(19)9-5-7-21(17-27(29)30)22-10-11-25(31-2)26(16-22)32-3/h4-5,7-12,16-19,28H,6,13-15H2,1-3H3/b7-5+,8-4+,21-17+,23-18+,24-9+. The Labute approximate surface area is 190 Å². The number of allylic oxidation sites excluding steroid dienone is 8. The van der Waals surface area contributed by atoms with Crippen LogP contribution in [0.3, 0.4) is 0 Å². The van der Waals surface area contributed by atoms with E-state index < -0.39 is 0 Å². The maximum Gasteiger partial charge on any atom is 0.255 e. The van der Waals surface area contributed by atoms with Gasteiger partial charge in [0.1, 0.15) is 0 Å². The summed E-state index contributed by atoms with van der Waals surface area (Å²) in [5.41, 5.74) is 5.11. The zero-order valence-electron chi connectivity index (χ0n) is 18.9. The molecule has 1 amide bonds. The van der Waals surface area contributed by atoms with E-state index >= 15 is 0 Å². The Kier molecular flexibility index (Phi) is 6.76. The van der Waals surface area contributed by atoms with Gasteiger partial charge in [-0.05, 0) is 59.9 Å². The molecule has 3 aliphatic heterocycles. The fourth-order valence-electron chi connectivity index (χ4n) is 4.22. The van der Waals surface area contributed by atoms with Gasteiger partial charge in [0.2, 0.25) is 0 Å². The predicted molar refractivity (Wildman–Crippen MR) is 128 cm³/mol. The molecule has 1 unspecified atom stereocenters. The lowest BCUT2D eigenvalue weighted by molar-refractivity contribution is -0.122. The molecule has 0 aliphatic carbocycles. The molecule has 4 rings (SSSR count). The van der Waals surface area contributed by atoms with Gasteiger partial charge >= 0.3 is 0 Å². The summed E-state index contributed by atoms with van der Waals surface area (Å²) in [7, 11) is 3.22. The van der Waals surface area contributed by atoms with E-state index in [9.17, 15) is 4.79 Å². The van der Waals surface area contributed by atoms with Crippen LogP contribution >= 0.6 is 0 Å². The molecule has 3 heterocycles. The Bertz CT molecular complexity index is 1070. The Morgan fingerprint density at radius 3 is 2.69 bits per heavy atom. The van der Waals surface area contributed by atoms with Crippen molar-refractivity contribution in [1.29, 1.82) is 0 Å². The maximum atomic E-state index is 13.5. The van der Waals surface area contributed by atoms with Crippen LogP contribution < -0.4 is 14.8 Å². The van der Waals surface area contributed by atoms with Crippen LogP contribution in [0.1, 0.15) is 25.3 Å². The minimum absolute atomic E-state index is 0.0560. The number of fused-ring (bicyclic) bond motifs is 1. The fraction of sp³-hybridized carbons (Fsp3) is 0.296. The van der Waals surface area contributed by atoms with E-state index in [-0.39, 0.29) is 11.8 Å². The third kappa shape index (κ3) is 4.63. The van der Waals surface area contributed by atoms with Gasteiger partial charge in [0, 0.05) is 30.4 Å². The van der Waals surface area contributed by atoms with E-state index in [1.807, 2.05) is 41.5 Å². The highest BCUT2D eigenvalue weighted by atomic mass is 16.5. The van der Waals surface area contributed by atoms with Crippen LogP contribution in [0.2, 0.25) is 0 Å². The lowest BCUT2D eigenvalue weighted by atomic mass is 9.94. The van der Waals surface area contributed by atoms with E-state index in [4.69, 9.17) is 9.47 Å². The van der Waals surface area contributed by atoms with E-state index in [1.165, 1.54) is 5.57 Å². The Morgan fingerprint density at radius 2 is 1.94 bits per heavy atom. The Morgan fingerprint density at radius 1 is 1.09 bits per heavy atom. The number of carbonyl (C=O) groups excluding carboxylic acids is 1. The molecule has 0 saturated carbocycles. The quantitative estimate of drug-likeness (QED) is 0.748. The van der Waals surface area contributed by atoms with Crippen molar-refractivity contribution >= 4 is 11.5 Å². The molecular formula is C27H30N2O3. The van der Waals surface area contributed by atoms with Gasteiger partial charge in [0.05, 0.1) is 14.2 Å². The van der Waals surface area contributed by atoms with Crippen LogP contribution in [-0.2, 0) is 4.79 Å². The summed E-state index contributed by atoms with van der Waals surface area (Å²) < 4.78 is 10.8. The second-order valence-electron chi connectivity index (χ2n) is 8.14. The van der Waals surface area contributed by atoms with E-state index in [0.717, 1.165) is 48.3 Å². The van der Waals surface area contributed by atoms with Crippen molar-refractivity contribution in [3.63, 3.8) is 0 Å². The number of carbonyl (C=O) groups is 1. The molecule has 0 bridgehead atoms. The SMILES string of the molecule is COc1ccc(C2=C\C(=O)N3/C=C(C4=CCNCC4)\C=C\CC(C)\C3=C/C=C/2)cc1OC. The molecule has 0 spiro atoms. The maximum absolute atomic E-state index is 13.5. The van der Waals surface area contributed by atoms with Gasteiger partial charge in [-0.1, -0.05) is 43.4 Å². The summed E-state index contributed by atoms with van der Waals surface area (Å²) >= 11 is 0. The largest absolute Gasteiger partial charge is 0.493 e. The summed E-state index contributed by atoms with van der Waals surface area (Å²) in [6, 6.07) is 5.70. The highest BCUT2D eigenvalue weighted by molar-refractivity contribution is 5.99. The molecule has 32 heavy (non-hydrogen) atoms. The van der Waals surface area contributed by atoms with Gasteiger partial charge in [0.25, 0.3) is 5.91 Å². The zero-order valence-corrected chi connectivity index (χ0v) is 18.9. The lowest BCUT2D eigenvalue weighted by Crippen LogP contribution is -2.29. The normalized spacial score (nSPS) is 28.0. The number of methoxy groups -OCH3 is 2. The first-order chi connectivity index (χ1) is 15.6. The van der Waals surface area contributed by atoms with E-state index in [0.29, 0.717) is 11.5 Å².